The first-order chi connectivity index (χ1) is 15.9. The van der Waals surface area contributed by atoms with Gasteiger partial charge >= 0.3 is 0 Å². The molecule has 0 heterocycles. The van der Waals surface area contributed by atoms with Gasteiger partial charge in [-0.15, -0.1) is 0 Å². The lowest BCUT2D eigenvalue weighted by atomic mass is 9.42. The molecule has 2 fully saturated rings. The van der Waals surface area contributed by atoms with Crippen LogP contribution in [0, 0.1) is 39.4 Å². The van der Waals surface area contributed by atoms with Crippen molar-refractivity contribution in [3.05, 3.63) is 11.1 Å². The Kier molecular flexibility index (Phi) is 6.53. The molecule has 0 spiro atoms. The van der Waals surface area contributed by atoms with Crippen LogP contribution in [0.5, 0.6) is 0 Å². The normalized spacial score (nSPS) is 45.0. The molecule has 2 saturated carbocycles. The fourth-order valence-electron chi connectivity index (χ4n) is 9.49. The summed E-state index contributed by atoms with van der Waals surface area (Å²) in [7, 11) is 0. The molecule has 0 unspecified atom stereocenters. The van der Waals surface area contributed by atoms with E-state index in [4.69, 9.17) is 0 Å². The Balaban J connectivity index is 1.68. The maximum atomic E-state index is 14.2. The summed E-state index contributed by atoms with van der Waals surface area (Å²) in [5, 5.41) is 42.2. The third-order valence-corrected chi connectivity index (χ3v) is 12.0. The number of aliphatic hydroxyl groups excluding tert-OH is 3. The van der Waals surface area contributed by atoms with Gasteiger partial charge in [0.1, 0.15) is 5.78 Å². The van der Waals surface area contributed by atoms with Crippen molar-refractivity contribution < 1.29 is 25.2 Å². The Morgan fingerprint density at radius 1 is 1.03 bits per heavy atom. The molecule has 200 valence electrons. The zero-order chi connectivity index (χ0) is 26.4. The monoisotopic (exact) mass is 490 g/mol. The number of allylic oxidation sites excluding steroid dienone is 2. The second kappa shape index (κ2) is 8.38. The van der Waals surface area contributed by atoms with Crippen molar-refractivity contribution in [1.82, 2.24) is 0 Å². The van der Waals surface area contributed by atoms with E-state index in [1.54, 1.807) is 13.8 Å². The number of fused-ring (bicyclic) bond motifs is 4. The van der Waals surface area contributed by atoms with Crippen molar-refractivity contribution in [2.75, 3.05) is 0 Å². The Bertz CT molecular complexity index is 899. The Morgan fingerprint density at radius 2 is 1.66 bits per heavy atom. The molecule has 5 heteroatoms. The average molecular weight is 491 g/mol. The lowest BCUT2D eigenvalue weighted by Gasteiger charge is -2.62. The molecule has 35 heavy (non-hydrogen) atoms. The van der Waals surface area contributed by atoms with E-state index in [9.17, 15) is 25.2 Å². The van der Waals surface area contributed by atoms with E-state index < -0.39 is 34.7 Å². The first-order valence-electron chi connectivity index (χ1n) is 13.9. The second-order valence-corrected chi connectivity index (χ2v) is 14.5. The van der Waals surface area contributed by atoms with E-state index >= 15 is 0 Å². The minimum Gasteiger partial charge on any atom is -0.390 e. The van der Waals surface area contributed by atoms with Crippen LogP contribution in [0.25, 0.3) is 0 Å². The van der Waals surface area contributed by atoms with Crippen LogP contribution in [-0.4, -0.2) is 50.1 Å². The molecule has 4 aliphatic rings. The minimum atomic E-state index is -1.12. The van der Waals surface area contributed by atoms with Crippen molar-refractivity contribution in [2.45, 2.75) is 131 Å². The van der Waals surface area contributed by atoms with E-state index in [0.29, 0.717) is 25.0 Å². The Hall–Kier alpha value is -0.750. The summed E-state index contributed by atoms with van der Waals surface area (Å²) >= 11 is 0. The zero-order valence-electron chi connectivity index (χ0n) is 23.3. The Morgan fingerprint density at radius 3 is 2.26 bits per heavy atom. The van der Waals surface area contributed by atoms with E-state index in [1.807, 2.05) is 0 Å². The fraction of sp³-hybridized carbons (Fsp3) is 0.900. The van der Waals surface area contributed by atoms with E-state index in [2.05, 4.69) is 41.5 Å². The van der Waals surface area contributed by atoms with Gasteiger partial charge in [0.05, 0.1) is 23.9 Å². The summed E-state index contributed by atoms with van der Waals surface area (Å²) in [6.45, 7) is 16.5. The molecule has 4 N–H and O–H groups in total. The third kappa shape index (κ3) is 3.73. The molecule has 0 aromatic carbocycles. The van der Waals surface area contributed by atoms with Crippen molar-refractivity contribution >= 4 is 5.78 Å². The highest BCUT2D eigenvalue weighted by Gasteiger charge is 2.67. The van der Waals surface area contributed by atoms with E-state index in [0.717, 1.165) is 32.1 Å². The summed E-state index contributed by atoms with van der Waals surface area (Å²) in [5.74, 6) is 1.11. The summed E-state index contributed by atoms with van der Waals surface area (Å²) in [5.41, 5.74) is 0.322. The second-order valence-electron chi connectivity index (χ2n) is 14.5. The summed E-state index contributed by atoms with van der Waals surface area (Å²) < 4.78 is 0. The molecular weight excluding hydrogens is 440 g/mol. The van der Waals surface area contributed by atoms with Gasteiger partial charge in [-0.2, -0.15) is 0 Å². The standard InChI is InChI=1S/C30H50O5/c1-17(9-12-23(32)27(4,5)35)18-13-14-29(7)19-10-11-22-26(2,3)25(34)21(31)16-28(22,6)20(19)15-24(33)30(18,29)8/h17-18,21-23,25,31-32,34-35H,9-16H2,1-8H3/t17-,18-,21-,22+,23-,25+,28-,29+,30+/m1/s1. The molecular formula is C30H50O5. The number of hydrogen-bond donors (Lipinski definition) is 4. The first kappa shape index (κ1) is 27.3. The highest BCUT2D eigenvalue weighted by atomic mass is 16.3. The number of ketones is 1. The van der Waals surface area contributed by atoms with Crippen molar-refractivity contribution in [1.29, 1.82) is 0 Å². The largest absolute Gasteiger partial charge is 0.390 e. The number of carbonyl (C=O) groups is 1. The predicted octanol–water partition coefficient (Wildman–Crippen LogP) is 4.79. The van der Waals surface area contributed by atoms with Gasteiger partial charge in [-0.3, -0.25) is 4.79 Å². The molecule has 4 aliphatic carbocycles. The predicted molar refractivity (Wildman–Crippen MR) is 138 cm³/mol. The van der Waals surface area contributed by atoms with Crippen LogP contribution in [0.1, 0.15) is 107 Å². The van der Waals surface area contributed by atoms with Crippen LogP contribution < -0.4 is 0 Å². The molecule has 0 aromatic rings. The van der Waals surface area contributed by atoms with Crippen molar-refractivity contribution in [2.24, 2.45) is 39.4 Å². The molecule has 0 saturated heterocycles. The fourth-order valence-corrected chi connectivity index (χ4v) is 9.49. The van der Waals surface area contributed by atoms with Crippen LogP contribution in [0.3, 0.4) is 0 Å². The van der Waals surface area contributed by atoms with Gasteiger partial charge in [0.2, 0.25) is 0 Å². The van der Waals surface area contributed by atoms with Crippen LogP contribution >= 0.6 is 0 Å². The summed E-state index contributed by atoms with van der Waals surface area (Å²) in [6.07, 6.45) is 3.99. The maximum Gasteiger partial charge on any atom is 0.143 e. The smallest absolute Gasteiger partial charge is 0.143 e. The number of Topliss-reactive ketones (excluding diaryl/α,β-unsaturated/α-hetero) is 1. The maximum absolute atomic E-state index is 14.2. The Labute approximate surface area is 212 Å². The minimum absolute atomic E-state index is 0.190. The van der Waals surface area contributed by atoms with Crippen LogP contribution in [-0.2, 0) is 4.79 Å². The highest BCUT2D eigenvalue weighted by Crippen LogP contribution is 2.71. The lowest BCUT2D eigenvalue weighted by molar-refractivity contribution is -0.161. The van der Waals surface area contributed by atoms with Crippen molar-refractivity contribution in [3.63, 3.8) is 0 Å². The SMILES string of the molecule is C[C@H](CC[C@@H](O)C(C)(C)O)[C@H]1CC[C@@]2(C)C3=C(CC(=O)[C@]12C)[C@@]1(C)C[C@@H](O)[C@H](O)C(C)(C)[C@@H]1CC3. The van der Waals surface area contributed by atoms with Crippen LogP contribution in [0.4, 0.5) is 0 Å². The van der Waals surface area contributed by atoms with Gasteiger partial charge in [-0.05, 0) is 87.4 Å². The highest BCUT2D eigenvalue weighted by molar-refractivity contribution is 5.91. The molecule has 9 atom stereocenters. The average Bonchev–Trinajstić information content (AvgIpc) is 3.03. The van der Waals surface area contributed by atoms with Gasteiger partial charge in [-0.25, -0.2) is 0 Å². The van der Waals surface area contributed by atoms with Gasteiger partial charge in [-0.1, -0.05) is 52.7 Å². The molecule has 0 bridgehead atoms. The molecule has 5 nitrogen and oxygen atoms in total. The molecule has 0 radical (unpaired) electrons. The van der Waals surface area contributed by atoms with Gasteiger partial charge in [0.25, 0.3) is 0 Å². The topological polar surface area (TPSA) is 98.0 Å². The lowest BCUT2D eigenvalue weighted by Crippen LogP contribution is -2.60. The van der Waals surface area contributed by atoms with Crippen molar-refractivity contribution in [3.8, 4) is 0 Å². The molecule has 0 aliphatic heterocycles. The number of carbonyl (C=O) groups excluding carboxylic acids is 1. The van der Waals surface area contributed by atoms with E-state index in [-0.39, 0.29) is 28.6 Å². The molecule has 0 amide bonds. The van der Waals surface area contributed by atoms with E-state index in [1.165, 1.54) is 11.1 Å². The number of hydrogen-bond acceptors (Lipinski definition) is 5. The number of rotatable bonds is 5. The van der Waals surface area contributed by atoms with Gasteiger partial charge in [0.15, 0.2) is 0 Å². The summed E-state index contributed by atoms with van der Waals surface area (Å²) in [6, 6.07) is 0. The van der Waals surface area contributed by atoms with Gasteiger partial charge in [0, 0.05) is 17.3 Å². The van der Waals surface area contributed by atoms with Gasteiger partial charge < -0.3 is 20.4 Å². The summed E-state index contributed by atoms with van der Waals surface area (Å²) in [4.78, 5) is 14.2. The third-order valence-electron chi connectivity index (χ3n) is 12.0. The quantitative estimate of drug-likeness (QED) is 0.415. The molecule has 4 rings (SSSR count). The zero-order valence-corrected chi connectivity index (χ0v) is 23.3. The number of aliphatic hydroxyl groups is 4. The first-order valence-corrected chi connectivity index (χ1v) is 13.9. The van der Waals surface area contributed by atoms with Crippen LogP contribution in [0.15, 0.2) is 11.1 Å². The molecule has 0 aromatic heterocycles. The van der Waals surface area contributed by atoms with Crippen LogP contribution in [0.2, 0.25) is 0 Å².